The number of nitrogens with one attached hydrogen (secondary N) is 1. The van der Waals surface area contributed by atoms with Crippen molar-refractivity contribution in [2.24, 2.45) is 5.10 Å². The summed E-state index contributed by atoms with van der Waals surface area (Å²) >= 11 is 15.5. The third-order valence-corrected chi connectivity index (χ3v) is 5.10. The molecule has 9 heteroatoms. The molecule has 0 saturated carbocycles. The Morgan fingerprint density at radius 2 is 2.11 bits per heavy atom. The molecule has 144 valence electrons. The van der Waals surface area contributed by atoms with E-state index in [0.717, 1.165) is 15.6 Å². The van der Waals surface area contributed by atoms with Crippen LogP contribution >= 0.6 is 39.1 Å². The van der Waals surface area contributed by atoms with Crippen LogP contribution in [0.1, 0.15) is 21.6 Å². The van der Waals surface area contributed by atoms with Crippen LogP contribution in [0.15, 0.2) is 58.2 Å². The highest BCUT2D eigenvalue weighted by atomic mass is 79.9. The first-order chi connectivity index (χ1) is 13.5. The minimum atomic E-state index is -0.420. The van der Waals surface area contributed by atoms with Crippen molar-refractivity contribution in [1.82, 2.24) is 15.2 Å². The van der Waals surface area contributed by atoms with Crippen molar-refractivity contribution in [1.29, 1.82) is 0 Å². The summed E-state index contributed by atoms with van der Waals surface area (Å²) in [6.45, 7) is 0.420. The second kappa shape index (κ2) is 9.23. The van der Waals surface area contributed by atoms with Gasteiger partial charge in [-0.15, -0.1) is 0 Å². The van der Waals surface area contributed by atoms with Crippen molar-refractivity contribution in [3.05, 3.63) is 80.0 Å². The number of carbonyl (C=O) groups excluding carboxylic acids is 1. The SMILES string of the molecule is COc1ccc(Br)c(/C=N/NC(=O)c2ccn(Cc3ccc(Cl)cc3Cl)n2)c1. The molecular weight excluding hydrogens is 467 g/mol. The quantitative estimate of drug-likeness (QED) is 0.407. The highest BCUT2D eigenvalue weighted by molar-refractivity contribution is 9.10. The van der Waals surface area contributed by atoms with Crippen molar-refractivity contribution >= 4 is 51.3 Å². The van der Waals surface area contributed by atoms with Gasteiger partial charge in [-0.2, -0.15) is 10.2 Å². The molecule has 1 N–H and O–H groups in total. The van der Waals surface area contributed by atoms with Crippen LogP contribution in [0.3, 0.4) is 0 Å². The Morgan fingerprint density at radius 1 is 1.29 bits per heavy atom. The highest BCUT2D eigenvalue weighted by Gasteiger charge is 2.10. The maximum atomic E-state index is 12.2. The lowest BCUT2D eigenvalue weighted by Gasteiger charge is -2.05. The van der Waals surface area contributed by atoms with E-state index in [1.54, 1.807) is 42.3 Å². The number of carbonyl (C=O) groups is 1. The Bertz CT molecular complexity index is 1040. The van der Waals surface area contributed by atoms with Gasteiger partial charge >= 0.3 is 0 Å². The van der Waals surface area contributed by atoms with E-state index in [4.69, 9.17) is 27.9 Å². The summed E-state index contributed by atoms with van der Waals surface area (Å²) < 4.78 is 7.62. The van der Waals surface area contributed by atoms with Crippen LogP contribution in [0.2, 0.25) is 10.0 Å². The smallest absolute Gasteiger partial charge is 0.291 e. The van der Waals surface area contributed by atoms with Gasteiger partial charge in [0.05, 0.1) is 19.9 Å². The molecule has 0 aliphatic rings. The van der Waals surface area contributed by atoms with Gasteiger partial charge in [-0.3, -0.25) is 9.48 Å². The number of hydrazone groups is 1. The van der Waals surface area contributed by atoms with Crippen LogP contribution in [0, 0.1) is 0 Å². The maximum Gasteiger partial charge on any atom is 0.291 e. The fraction of sp³-hybridized carbons (Fsp3) is 0.105. The van der Waals surface area contributed by atoms with Gasteiger partial charge in [0.1, 0.15) is 5.75 Å². The zero-order chi connectivity index (χ0) is 20.1. The molecule has 0 spiro atoms. The van der Waals surface area contributed by atoms with E-state index in [-0.39, 0.29) is 5.69 Å². The van der Waals surface area contributed by atoms with E-state index in [2.05, 4.69) is 31.6 Å². The monoisotopic (exact) mass is 480 g/mol. The van der Waals surface area contributed by atoms with Crippen molar-refractivity contribution in [3.63, 3.8) is 0 Å². The summed E-state index contributed by atoms with van der Waals surface area (Å²) in [6, 6.07) is 12.3. The molecule has 0 atom stereocenters. The predicted molar refractivity (Wildman–Crippen MR) is 114 cm³/mol. The molecule has 3 rings (SSSR count). The summed E-state index contributed by atoms with van der Waals surface area (Å²) in [5.74, 6) is 0.270. The van der Waals surface area contributed by atoms with Crippen LogP contribution in [0.5, 0.6) is 5.75 Å². The number of rotatable bonds is 6. The van der Waals surface area contributed by atoms with E-state index < -0.39 is 5.91 Å². The summed E-state index contributed by atoms with van der Waals surface area (Å²) in [5.41, 5.74) is 4.32. The summed E-state index contributed by atoms with van der Waals surface area (Å²) in [5, 5.41) is 9.33. The molecule has 6 nitrogen and oxygen atoms in total. The van der Waals surface area contributed by atoms with Crippen LogP contribution in [0.25, 0.3) is 0 Å². The van der Waals surface area contributed by atoms with E-state index in [0.29, 0.717) is 22.3 Å². The summed E-state index contributed by atoms with van der Waals surface area (Å²) in [6.07, 6.45) is 3.22. The molecule has 1 aromatic heterocycles. The number of methoxy groups -OCH3 is 1. The molecule has 0 radical (unpaired) electrons. The van der Waals surface area contributed by atoms with Crippen molar-refractivity contribution in [3.8, 4) is 5.75 Å². The lowest BCUT2D eigenvalue weighted by atomic mass is 10.2. The summed E-state index contributed by atoms with van der Waals surface area (Å²) in [4.78, 5) is 12.2. The average Bonchev–Trinajstić information content (AvgIpc) is 3.14. The van der Waals surface area contributed by atoms with Gasteiger partial charge in [-0.1, -0.05) is 45.2 Å². The Labute approximate surface area is 180 Å². The van der Waals surface area contributed by atoms with Gasteiger partial charge in [-0.25, -0.2) is 5.43 Å². The van der Waals surface area contributed by atoms with Crippen LogP contribution in [-0.2, 0) is 6.54 Å². The van der Waals surface area contributed by atoms with E-state index in [9.17, 15) is 4.79 Å². The van der Waals surface area contributed by atoms with E-state index in [1.165, 1.54) is 6.21 Å². The molecule has 0 fully saturated rings. The minimum Gasteiger partial charge on any atom is -0.497 e. The fourth-order valence-corrected chi connectivity index (χ4v) is 3.18. The normalized spacial score (nSPS) is 11.0. The number of benzene rings is 2. The summed E-state index contributed by atoms with van der Waals surface area (Å²) in [7, 11) is 1.58. The van der Waals surface area contributed by atoms with Gasteiger partial charge in [-0.05, 0) is 42.0 Å². The van der Waals surface area contributed by atoms with Gasteiger partial charge in [0, 0.05) is 26.3 Å². The predicted octanol–water partition coefficient (Wildman–Crippen LogP) is 4.77. The third-order valence-electron chi connectivity index (χ3n) is 3.79. The Morgan fingerprint density at radius 3 is 2.86 bits per heavy atom. The average molecular weight is 482 g/mol. The first-order valence-corrected chi connectivity index (χ1v) is 9.65. The topological polar surface area (TPSA) is 68.5 Å². The number of ether oxygens (including phenoxy) is 1. The van der Waals surface area contributed by atoms with Gasteiger partial charge in [0.25, 0.3) is 5.91 Å². The number of hydrogen-bond acceptors (Lipinski definition) is 4. The first kappa shape index (κ1) is 20.4. The van der Waals surface area contributed by atoms with Gasteiger partial charge in [0.15, 0.2) is 5.69 Å². The molecule has 1 amide bonds. The molecule has 2 aromatic carbocycles. The number of amides is 1. The molecule has 0 saturated heterocycles. The lowest BCUT2D eigenvalue weighted by molar-refractivity contribution is 0.0949. The van der Waals surface area contributed by atoms with Crippen molar-refractivity contribution in [2.45, 2.75) is 6.54 Å². The largest absolute Gasteiger partial charge is 0.497 e. The first-order valence-electron chi connectivity index (χ1n) is 8.10. The number of aromatic nitrogens is 2. The molecule has 0 unspecified atom stereocenters. The molecule has 0 aliphatic heterocycles. The molecule has 28 heavy (non-hydrogen) atoms. The molecule has 0 bridgehead atoms. The maximum absolute atomic E-state index is 12.2. The zero-order valence-electron chi connectivity index (χ0n) is 14.7. The minimum absolute atomic E-state index is 0.243. The van der Waals surface area contributed by atoms with E-state index >= 15 is 0 Å². The second-order valence-corrected chi connectivity index (χ2v) is 7.42. The van der Waals surface area contributed by atoms with Crippen LogP contribution in [-0.4, -0.2) is 29.0 Å². The molecule has 0 aliphatic carbocycles. The molecule has 3 aromatic rings. The fourth-order valence-electron chi connectivity index (χ4n) is 2.36. The number of hydrogen-bond donors (Lipinski definition) is 1. The Balaban J connectivity index is 1.64. The van der Waals surface area contributed by atoms with Crippen LogP contribution in [0.4, 0.5) is 0 Å². The lowest BCUT2D eigenvalue weighted by Crippen LogP contribution is -2.18. The molecule has 1 heterocycles. The van der Waals surface area contributed by atoms with Crippen molar-refractivity contribution in [2.75, 3.05) is 7.11 Å². The van der Waals surface area contributed by atoms with Gasteiger partial charge in [0.2, 0.25) is 0 Å². The number of halogens is 3. The zero-order valence-corrected chi connectivity index (χ0v) is 17.8. The Hall–Kier alpha value is -2.35. The second-order valence-electron chi connectivity index (χ2n) is 5.72. The number of nitrogens with zero attached hydrogens (tertiary/aromatic N) is 3. The van der Waals surface area contributed by atoms with Crippen molar-refractivity contribution < 1.29 is 9.53 Å². The molecular formula is C19H15BrCl2N4O2. The standard InChI is InChI=1S/C19H15BrCl2N4O2/c1-28-15-4-5-16(20)13(8-15)10-23-24-19(27)18-6-7-26(25-18)11-12-2-3-14(21)9-17(12)22/h2-10H,11H2,1H3,(H,24,27)/b23-10+. The highest BCUT2D eigenvalue weighted by Crippen LogP contribution is 2.22. The third kappa shape index (κ3) is 5.13. The van der Waals surface area contributed by atoms with Crippen LogP contribution < -0.4 is 10.2 Å². The van der Waals surface area contributed by atoms with E-state index in [1.807, 2.05) is 18.2 Å². The Kier molecular flexibility index (Phi) is 6.72. The van der Waals surface area contributed by atoms with Gasteiger partial charge < -0.3 is 4.74 Å².